The summed E-state index contributed by atoms with van der Waals surface area (Å²) in [5, 5.41) is 3.16. The van der Waals surface area contributed by atoms with E-state index in [-0.39, 0.29) is 17.9 Å². The third-order valence-corrected chi connectivity index (χ3v) is 4.96. The summed E-state index contributed by atoms with van der Waals surface area (Å²) in [6.07, 6.45) is 5.12. The largest absolute Gasteiger partial charge is 0.367 e. The highest BCUT2D eigenvalue weighted by atomic mass is 16.1. The van der Waals surface area contributed by atoms with Crippen LogP contribution >= 0.6 is 0 Å². The molecule has 0 unspecified atom stereocenters. The summed E-state index contributed by atoms with van der Waals surface area (Å²) in [6.45, 7) is 3.71. The van der Waals surface area contributed by atoms with Crippen molar-refractivity contribution in [1.29, 1.82) is 0 Å². The fourth-order valence-corrected chi connectivity index (χ4v) is 3.42. The molecule has 3 rings (SSSR count). The maximum absolute atomic E-state index is 12.6. The van der Waals surface area contributed by atoms with Crippen LogP contribution < -0.4 is 15.1 Å². The second-order valence-electron chi connectivity index (χ2n) is 7.03. The lowest BCUT2D eigenvalue weighted by Crippen LogP contribution is -2.41. The molecule has 2 aromatic rings. The standard InChI is InChI=1S/C20H27N5O/c1-15(16-7-5-4-6-8-16)23-20(26)17-9-11-25(12-10-17)18-13-21-14-22-19(18)24(2)3/h4-8,13-15,17H,9-12H2,1-3H3,(H,23,26)/t15-/m0/s1. The lowest BCUT2D eigenvalue weighted by Gasteiger charge is -2.34. The van der Waals surface area contributed by atoms with Crippen molar-refractivity contribution in [1.82, 2.24) is 15.3 Å². The number of amides is 1. The van der Waals surface area contributed by atoms with E-state index in [1.165, 1.54) is 0 Å². The predicted octanol–water partition coefficient (Wildman–Crippen LogP) is 2.64. The Labute approximate surface area is 155 Å². The average Bonchev–Trinajstić information content (AvgIpc) is 2.68. The van der Waals surface area contributed by atoms with Gasteiger partial charge in [-0.15, -0.1) is 0 Å². The summed E-state index contributed by atoms with van der Waals surface area (Å²) in [5.41, 5.74) is 2.17. The highest BCUT2D eigenvalue weighted by molar-refractivity contribution is 5.79. The van der Waals surface area contributed by atoms with Crippen molar-refractivity contribution in [2.24, 2.45) is 5.92 Å². The lowest BCUT2D eigenvalue weighted by molar-refractivity contribution is -0.126. The van der Waals surface area contributed by atoms with E-state index in [0.29, 0.717) is 0 Å². The lowest BCUT2D eigenvalue weighted by atomic mass is 9.95. The molecule has 1 aromatic carbocycles. The Kier molecular flexibility index (Phi) is 5.71. The maximum Gasteiger partial charge on any atom is 0.223 e. The van der Waals surface area contributed by atoms with Gasteiger partial charge in [-0.05, 0) is 25.3 Å². The molecule has 1 N–H and O–H groups in total. The van der Waals surface area contributed by atoms with Crippen LogP contribution in [0.15, 0.2) is 42.9 Å². The van der Waals surface area contributed by atoms with Gasteiger partial charge in [0.15, 0.2) is 5.82 Å². The van der Waals surface area contributed by atoms with Gasteiger partial charge in [-0.2, -0.15) is 0 Å². The van der Waals surface area contributed by atoms with Crippen LogP contribution in [0.5, 0.6) is 0 Å². The minimum Gasteiger partial charge on any atom is -0.367 e. The number of carbonyl (C=O) groups is 1. The molecular formula is C20H27N5O. The first-order valence-electron chi connectivity index (χ1n) is 9.14. The van der Waals surface area contributed by atoms with Gasteiger partial charge >= 0.3 is 0 Å². The molecule has 138 valence electrons. The van der Waals surface area contributed by atoms with E-state index in [9.17, 15) is 4.79 Å². The Morgan fingerprint density at radius 2 is 1.92 bits per heavy atom. The Morgan fingerprint density at radius 3 is 2.58 bits per heavy atom. The van der Waals surface area contributed by atoms with Crippen LogP contribution in [0, 0.1) is 5.92 Å². The third-order valence-electron chi connectivity index (χ3n) is 4.96. The monoisotopic (exact) mass is 353 g/mol. The SMILES string of the molecule is C[C@H](NC(=O)C1CCN(c2cncnc2N(C)C)CC1)c1ccccc1. The number of piperidine rings is 1. The van der Waals surface area contributed by atoms with Crippen molar-refractivity contribution < 1.29 is 4.79 Å². The van der Waals surface area contributed by atoms with Crippen LogP contribution in [0.1, 0.15) is 31.4 Å². The fraction of sp³-hybridized carbons (Fsp3) is 0.450. The summed E-state index contributed by atoms with van der Waals surface area (Å²) >= 11 is 0. The molecular weight excluding hydrogens is 326 g/mol. The summed E-state index contributed by atoms with van der Waals surface area (Å²) in [4.78, 5) is 25.5. The Morgan fingerprint density at radius 1 is 1.23 bits per heavy atom. The highest BCUT2D eigenvalue weighted by Gasteiger charge is 2.27. The van der Waals surface area contributed by atoms with E-state index in [1.807, 2.05) is 62.4 Å². The first kappa shape index (κ1) is 18.2. The van der Waals surface area contributed by atoms with Crippen LogP contribution in [0.25, 0.3) is 0 Å². The number of hydrogen-bond donors (Lipinski definition) is 1. The zero-order valence-electron chi connectivity index (χ0n) is 15.7. The highest BCUT2D eigenvalue weighted by Crippen LogP contribution is 2.29. The molecule has 2 heterocycles. The summed E-state index contributed by atoms with van der Waals surface area (Å²) < 4.78 is 0. The van der Waals surface area contributed by atoms with Gasteiger partial charge in [0.05, 0.1) is 17.9 Å². The zero-order valence-corrected chi connectivity index (χ0v) is 15.7. The number of anilines is 2. The van der Waals surface area contributed by atoms with Crippen molar-refractivity contribution in [3.8, 4) is 0 Å². The molecule has 1 aliphatic heterocycles. The smallest absolute Gasteiger partial charge is 0.223 e. The quantitative estimate of drug-likeness (QED) is 0.895. The van der Waals surface area contributed by atoms with Gasteiger partial charge in [0.2, 0.25) is 5.91 Å². The van der Waals surface area contributed by atoms with E-state index < -0.39 is 0 Å². The Hall–Kier alpha value is -2.63. The molecule has 1 fully saturated rings. The number of nitrogens with zero attached hydrogens (tertiary/aromatic N) is 4. The molecule has 1 atom stereocenters. The normalized spacial score (nSPS) is 16.2. The topological polar surface area (TPSA) is 61.4 Å². The Balaban J connectivity index is 1.58. The van der Waals surface area contributed by atoms with Gasteiger partial charge in [-0.3, -0.25) is 4.79 Å². The number of hydrogen-bond acceptors (Lipinski definition) is 5. The number of nitrogens with one attached hydrogen (secondary N) is 1. The third kappa shape index (κ3) is 4.12. The first-order valence-corrected chi connectivity index (χ1v) is 9.14. The van der Waals surface area contributed by atoms with Crippen LogP contribution in [0.3, 0.4) is 0 Å². The minimum absolute atomic E-state index is 0.0320. The van der Waals surface area contributed by atoms with Crippen LogP contribution in [0.4, 0.5) is 11.5 Å². The summed E-state index contributed by atoms with van der Waals surface area (Å²) in [5.74, 6) is 1.13. The van der Waals surface area contributed by atoms with Gasteiger partial charge in [0.25, 0.3) is 0 Å². The minimum atomic E-state index is 0.0320. The molecule has 0 radical (unpaired) electrons. The van der Waals surface area contributed by atoms with Crippen LogP contribution in [0.2, 0.25) is 0 Å². The van der Waals surface area contributed by atoms with Crippen molar-refractivity contribution in [2.45, 2.75) is 25.8 Å². The van der Waals surface area contributed by atoms with Gasteiger partial charge < -0.3 is 15.1 Å². The molecule has 0 aliphatic carbocycles. The van der Waals surface area contributed by atoms with E-state index >= 15 is 0 Å². The van der Waals surface area contributed by atoms with Gasteiger partial charge in [-0.25, -0.2) is 9.97 Å². The van der Waals surface area contributed by atoms with E-state index in [1.54, 1.807) is 6.33 Å². The van der Waals surface area contributed by atoms with Crippen molar-refractivity contribution in [2.75, 3.05) is 37.0 Å². The average molecular weight is 353 g/mol. The molecule has 26 heavy (non-hydrogen) atoms. The molecule has 1 saturated heterocycles. The molecule has 0 spiro atoms. The fourth-order valence-electron chi connectivity index (χ4n) is 3.42. The number of carbonyl (C=O) groups excluding carboxylic acids is 1. The second kappa shape index (κ2) is 8.17. The van der Waals surface area contributed by atoms with Crippen molar-refractivity contribution in [3.63, 3.8) is 0 Å². The molecule has 1 amide bonds. The van der Waals surface area contributed by atoms with Crippen molar-refractivity contribution in [3.05, 3.63) is 48.4 Å². The molecule has 0 saturated carbocycles. The van der Waals surface area contributed by atoms with Gasteiger partial charge in [0, 0.05) is 33.1 Å². The van der Waals surface area contributed by atoms with Crippen LogP contribution in [-0.2, 0) is 4.79 Å². The van der Waals surface area contributed by atoms with Crippen LogP contribution in [-0.4, -0.2) is 43.1 Å². The number of rotatable bonds is 5. The summed E-state index contributed by atoms with van der Waals surface area (Å²) in [7, 11) is 3.97. The molecule has 6 nitrogen and oxygen atoms in total. The molecule has 1 aliphatic rings. The second-order valence-corrected chi connectivity index (χ2v) is 7.03. The van der Waals surface area contributed by atoms with Gasteiger partial charge in [-0.1, -0.05) is 30.3 Å². The van der Waals surface area contributed by atoms with Crippen molar-refractivity contribution >= 4 is 17.4 Å². The number of aromatic nitrogens is 2. The first-order chi connectivity index (χ1) is 12.6. The number of benzene rings is 1. The zero-order chi connectivity index (χ0) is 18.5. The maximum atomic E-state index is 12.6. The molecule has 1 aromatic heterocycles. The van der Waals surface area contributed by atoms with E-state index in [0.717, 1.165) is 43.0 Å². The molecule has 0 bridgehead atoms. The Bertz CT molecular complexity index is 726. The van der Waals surface area contributed by atoms with E-state index in [4.69, 9.17) is 0 Å². The summed E-state index contributed by atoms with van der Waals surface area (Å²) in [6, 6.07) is 10.1. The predicted molar refractivity (Wildman–Crippen MR) is 104 cm³/mol. The van der Waals surface area contributed by atoms with E-state index in [2.05, 4.69) is 20.2 Å². The van der Waals surface area contributed by atoms with Gasteiger partial charge in [0.1, 0.15) is 6.33 Å². The molecule has 6 heteroatoms.